The van der Waals surface area contributed by atoms with Gasteiger partial charge in [0.05, 0.1) is 24.3 Å². The normalized spacial score (nSPS) is 17.6. The van der Waals surface area contributed by atoms with E-state index in [0.29, 0.717) is 24.3 Å². The van der Waals surface area contributed by atoms with Gasteiger partial charge in [-0.2, -0.15) is 0 Å². The Bertz CT molecular complexity index is 1430. The van der Waals surface area contributed by atoms with E-state index in [0.717, 1.165) is 26.9 Å². The molecule has 0 radical (unpaired) electrons. The first-order chi connectivity index (χ1) is 16.5. The van der Waals surface area contributed by atoms with Crippen LogP contribution in [0.25, 0.3) is 16.7 Å². The molecule has 1 atom stereocenters. The van der Waals surface area contributed by atoms with Crippen molar-refractivity contribution in [2.45, 2.75) is 19.4 Å². The zero-order valence-corrected chi connectivity index (χ0v) is 19.7. The first-order valence-electron chi connectivity index (χ1n) is 11.0. The second-order valence-corrected chi connectivity index (χ2v) is 9.22. The monoisotopic (exact) mass is 472 g/mol. The summed E-state index contributed by atoms with van der Waals surface area (Å²) in [6.07, 6.45) is 2.52. The highest BCUT2D eigenvalue weighted by Gasteiger charge is 2.47. The van der Waals surface area contributed by atoms with Gasteiger partial charge in [-0.3, -0.25) is 9.59 Å². The SMILES string of the molecule is COc1ccccc1/C(O)=C1/C(=O)C(=O)N(CCc2c[nH]c3ccccc23)C1c1sccc1C. The molecular formula is C27H24N2O4S. The molecule has 1 fully saturated rings. The van der Waals surface area contributed by atoms with Crippen molar-refractivity contribution in [3.05, 3.63) is 93.3 Å². The Balaban J connectivity index is 1.58. The molecule has 5 rings (SSSR count). The van der Waals surface area contributed by atoms with E-state index in [1.165, 1.54) is 18.4 Å². The molecule has 0 aliphatic carbocycles. The minimum atomic E-state index is -0.680. The molecule has 0 bridgehead atoms. The fraction of sp³-hybridized carbons (Fsp3) is 0.185. The fourth-order valence-corrected chi connectivity index (χ4v) is 5.66. The summed E-state index contributed by atoms with van der Waals surface area (Å²) in [4.78, 5) is 32.2. The first-order valence-corrected chi connectivity index (χ1v) is 11.9. The molecule has 1 amide bonds. The summed E-state index contributed by atoms with van der Waals surface area (Å²) in [6, 6.07) is 16.3. The summed E-state index contributed by atoms with van der Waals surface area (Å²) < 4.78 is 5.40. The van der Waals surface area contributed by atoms with Gasteiger partial charge in [0.15, 0.2) is 0 Å². The molecule has 1 unspecified atom stereocenters. The van der Waals surface area contributed by atoms with Gasteiger partial charge >= 0.3 is 0 Å². The third-order valence-electron chi connectivity index (χ3n) is 6.35. The molecule has 2 aromatic carbocycles. The van der Waals surface area contributed by atoms with Crippen LogP contribution in [0, 0.1) is 6.92 Å². The van der Waals surface area contributed by atoms with E-state index < -0.39 is 17.7 Å². The third kappa shape index (κ3) is 3.58. The molecule has 6 nitrogen and oxygen atoms in total. The molecule has 3 heterocycles. The standard InChI is InChI=1S/C27H24N2O4S/c1-16-12-14-34-26(16)23-22(24(30)19-8-4-6-10-21(19)33-2)25(31)27(32)29(23)13-11-17-15-28-20-9-5-3-7-18(17)20/h3-10,12,14-15,23,28,30H,11,13H2,1-2H3/b24-22-. The average Bonchev–Trinajstić information content (AvgIpc) is 3.54. The third-order valence-corrected chi connectivity index (χ3v) is 7.42. The number of carbonyl (C=O) groups excluding carboxylic acids is 2. The Kier molecular flexibility index (Phi) is 5.71. The highest BCUT2D eigenvalue weighted by Crippen LogP contribution is 2.43. The number of nitrogens with one attached hydrogen (secondary N) is 1. The van der Waals surface area contributed by atoms with Crippen LogP contribution in [0.4, 0.5) is 0 Å². The minimum Gasteiger partial charge on any atom is -0.507 e. The van der Waals surface area contributed by atoms with E-state index in [1.807, 2.05) is 48.8 Å². The van der Waals surface area contributed by atoms with E-state index in [-0.39, 0.29) is 11.3 Å². The minimum absolute atomic E-state index is 0.0963. The van der Waals surface area contributed by atoms with E-state index >= 15 is 0 Å². The number of aliphatic hydroxyl groups excluding tert-OH is 1. The van der Waals surface area contributed by atoms with Crippen LogP contribution in [0.15, 0.2) is 71.7 Å². The van der Waals surface area contributed by atoms with Crippen molar-refractivity contribution in [2.24, 2.45) is 0 Å². The number of aromatic nitrogens is 1. The lowest BCUT2D eigenvalue weighted by Crippen LogP contribution is -2.31. The summed E-state index contributed by atoms with van der Waals surface area (Å²) >= 11 is 1.48. The molecule has 0 spiro atoms. The maximum Gasteiger partial charge on any atom is 0.295 e. The van der Waals surface area contributed by atoms with Gasteiger partial charge in [0.25, 0.3) is 11.7 Å². The smallest absolute Gasteiger partial charge is 0.295 e. The number of ketones is 1. The fourth-order valence-electron chi connectivity index (χ4n) is 4.61. The number of fused-ring (bicyclic) bond motifs is 1. The van der Waals surface area contributed by atoms with Crippen molar-refractivity contribution in [1.82, 2.24) is 9.88 Å². The van der Waals surface area contributed by atoms with Crippen LogP contribution in [0.1, 0.15) is 27.6 Å². The number of methoxy groups -OCH3 is 1. The van der Waals surface area contributed by atoms with Crippen molar-refractivity contribution in [3.63, 3.8) is 0 Å². The van der Waals surface area contributed by atoms with Gasteiger partial charge in [0.2, 0.25) is 0 Å². The lowest BCUT2D eigenvalue weighted by Gasteiger charge is -2.25. The summed E-state index contributed by atoms with van der Waals surface area (Å²) in [5, 5.41) is 14.3. The lowest BCUT2D eigenvalue weighted by molar-refractivity contribution is -0.139. The number of likely N-dealkylation sites (tertiary alicyclic amines) is 1. The van der Waals surface area contributed by atoms with Crippen LogP contribution < -0.4 is 4.74 Å². The van der Waals surface area contributed by atoms with E-state index in [1.54, 1.807) is 29.2 Å². The number of hydrogen-bond acceptors (Lipinski definition) is 5. The molecule has 0 saturated carbocycles. The number of thiophene rings is 1. The highest BCUT2D eigenvalue weighted by molar-refractivity contribution is 7.10. The number of carbonyl (C=O) groups is 2. The second-order valence-electron chi connectivity index (χ2n) is 8.27. The molecule has 1 aliphatic rings. The van der Waals surface area contributed by atoms with Crippen molar-refractivity contribution < 1.29 is 19.4 Å². The van der Waals surface area contributed by atoms with E-state index in [4.69, 9.17) is 4.74 Å². The van der Waals surface area contributed by atoms with Gasteiger partial charge in [-0.15, -0.1) is 11.3 Å². The Morgan fingerprint density at radius 3 is 2.65 bits per heavy atom. The molecule has 172 valence electrons. The predicted octanol–water partition coefficient (Wildman–Crippen LogP) is 5.21. The number of para-hydroxylation sites is 2. The average molecular weight is 473 g/mol. The van der Waals surface area contributed by atoms with Gasteiger partial charge in [0, 0.05) is 28.5 Å². The largest absolute Gasteiger partial charge is 0.507 e. The van der Waals surface area contributed by atoms with Crippen LogP contribution in [-0.2, 0) is 16.0 Å². The second kappa shape index (κ2) is 8.83. The van der Waals surface area contributed by atoms with Gasteiger partial charge in [0.1, 0.15) is 11.5 Å². The first kappa shape index (κ1) is 22.0. The number of Topliss-reactive ketones (excluding diaryl/α,β-unsaturated/α-hetero) is 1. The van der Waals surface area contributed by atoms with Crippen LogP contribution in [-0.4, -0.2) is 40.3 Å². The van der Waals surface area contributed by atoms with Crippen molar-refractivity contribution in [1.29, 1.82) is 0 Å². The zero-order valence-electron chi connectivity index (χ0n) is 18.9. The summed E-state index contributed by atoms with van der Waals surface area (Å²) in [7, 11) is 1.51. The van der Waals surface area contributed by atoms with Gasteiger partial charge in [-0.1, -0.05) is 30.3 Å². The number of hydrogen-bond donors (Lipinski definition) is 2. The number of aromatic amines is 1. The van der Waals surface area contributed by atoms with Gasteiger partial charge in [-0.25, -0.2) is 0 Å². The maximum absolute atomic E-state index is 13.3. The number of benzene rings is 2. The Morgan fingerprint density at radius 2 is 1.88 bits per heavy atom. The molecule has 2 aromatic heterocycles. The van der Waals surface area contributed by atoms with Crippen molar-refractivity contribution in [2.75, 3.05) is 13.7 Å². The van der Waals surface area contributed by atoms with Crippen LogP contribution in [0.3, 0.4) is 0 Å². The summed E-state index contributed by atoms with van der Waals surface area (Å²) in [6.45, 7) is 2.30. The summed E-state index contributed by atoms with van der Waals surface area (Å²) in [5.41, 5.74) is 3.56. The molecule has 1 saturated heterocycles. The Labute approximate surface area is 201 Å². The van der Waals surface area contributed by atoms with E-state index in [9.17, 15) is 14.7 Å². The van der Waals surface area contributed by atoms with Gasteiger partial charge in [-0.05, 0) is 54.1 Å². The number of ether oxygens (including phenoxy) is 1. The van der Waals surface area contributed by atoms with Crippen molar-refractivity contribution >= 4 is 39.7 Å². The molecule has 7 heteroatoms. The number of aliphatic hydroxyl groups is 1. The van der Waals surface area contributed by atoms with E-state index in [2.05, 4.69) is 4.98 Å². The predicted molar refractivity (Wildman–Crippen MR) is 133 cm³/mol. The number of aryl methyl sites for hydroxylation is 1. The number of rotatable bonds is 6. The Morgan fingerprint density at radius 1 is 1.12 bits per heavy atom. The lowest BCUT2D eigenvalue weighted by atomic mass is 9.98. The molecular weight excluding hydrogens is 448 g/mol. The quantitative estimate of drug-likeness (QED) is 0.229. The van der Waals surface area contributed by atoms with Gasteiger partial charge < -0.3 is 19.7 Å². The maximum atomic E-state index is 13.3. The van der Waals surface area contributed by atoms with Crippen LogP contribution in [0.5, 0.6) is 5.75 Å². The zero-order chi connectivity index (χ0) is 23.8. The number of amides is 1. The van der Waals surface area contributed by atoms with Crippen LogP contribution >= 0.6 is 11.3 Å². The highest BCUT2D eigenvalue weighted by atomic mass is 32.1. The van der Waals surface area contributed by atoms with Crippen molar-refractivity contribution in [3.8, 4) is 5.75 Å². The summed E-state index contributed by atoms with van der Waals surface area (Å²) in [5.74, 6) is -1.07. The number of H-pyrrole nitrogens is 1. The topological polar surface area (TPSA) is 82.6 Å². The number of nitrogens with zero attached hydrogens (tertiary/aromatic N) is 1. The Hall–Kier alpha value is -3.84. The molecule has 1 aliphatic heterocycles. The molecule has 34 heavy (non-hydrogen) atoms. The van der Waals surface area contributed by atoms with Crippen LogP contribution in [0.2, 0.25) is 0 Å². The molecule has 2 N–H and O–H groups in total. The molecule has 4 aromatic rings.